The normalized spacial score (nSPS) is 11.8. The van der Waals surface area contributed by atoms with Crippen LogP contribution < -0.4 is 10.0 Å². The molecule has 114 valence electrons. The minimum absolute atomic E-state index is 0.0754. The zero-order valence-electron chi connectivity index (χ0n) is 11.7. The number of aromatic nitrogens is 2. The second-order valence-electron chi connectivity index (χ2n) is 4.85. The van der Waals surface area contributed by atoms with Crippen LogP contribution in [0.5, 0.6) is 0 Å². The molecule has 0 aliphatic carbocycles. The SMILES string of the molecule is CC(C)NCc1cn[nH]c1S(=O)(=O)Nc1ccccc1Br. The molecule has 1 heterocycles. The van der Waals surface area contributed by atoms with Gasteiger partial charge in [-0.15, -0.1) is 0 Å². The topological polar surface area (TPSA) is 86.9 Å². The first-order valence-electron chi connectivity index (χ1n) is 6.43. The Morgan fingerprint density at radius 3 is 2.71 bits per heavy atom. The number of hydrogen-bond acceptors (Lipinski definition) is 4. The van der Waals surface area contributed by atoms with Gasteiger partial charge >= 0.3 is 0 Å². The molecule has 0 atom stereocenters. The third-order valence-corrected chi connectivity index (χ3v) is 4.84. The number of halogens is 1. The van der Waals surface area contributed by atoms with Gasteiger partial charge in [-0.25, -0.2) is 0 Å². The monoisotopic (exact) mass is 372 g/mol. The van der Waals surface area contributed by atoms with Crippen LogP contribution in [0.4, 0.5) is 5.69 Å². The molecule has 6 nitrogen and oxygen atoms in total. The van der Waals surface area contributed by atoms with Crippen molar-refractivity contribution in [3.05, 3.63) is 40.5 Å². The fraction of sp³-hybridized carbons (Fsp3) is 0.308. The summed E-state index contributed by atoms with van der Waals surface area (Å²) in [7, 11) is -3.71. The summed E-state index contributed by atoms with van der Waals surface area (Å²) in [4.78, 5) is 0. The Morgan fingerprint density at radius 2 is 2.05 bits per heavy atom. The van der Waals surface area contributed by atoms with Crippen LogP contribution >= 0.6 is 15.9 Å². The summed E-state index contributed by atoms with van der Waals surface area (Å²) in [6, 6.07) is 7.29. The average molecular weight is 373 g/mol. The minimum Gasteiger partial charge on any atom is -0.310 e. The van der Waals surface area contributed by atoms with Crippen LogP contribution in [-0.4, -0.2) is 24.7 Å². The average Bonchev–Trinajstić information content (AvgIpc) is 2.88. The molecule has 0 amide bonds. The molecule has 0 unspecified atom stereocenters. The Bertz CT molecular complexity index is 712. The smallest absolute Gasteiger partial charge is 0.279 e. The molecule has 1 aromatic heterocycles. The van der Waals surface area contributed by atoms with E-state index >= 15 is 0 Å². The highest BCUT2D eigenvalue weighted by Crippen LogP contribution is 2.24. The van der Waals surface area contributed by atoms with Crippen LogP contribution in [0.3, 0.4) is 0 Å². The Labute approximate surface area is 132 Å². The van der Waals surface area contributed by atoms with Gasteiger partial charge in [0.2, 0.25) is 0 Å². The van der Waals surface area contributed by atoms with Crippen LogP contribution in [0.15, 0.2) is 40.0 Å². The third kappa shape index (κ3) is 4.05. The van der Waals surface area contributed by atoms with Crippen LogP contribution in [0.2, 0.25) is 0 Å². The van der Waals surface area contributed by atoms with Crippen molar-refractivity contribution in [3.8, 4) is 0 Å². The van der Waals surface area contributed by atoms with Crippen molar-refractivity contribution in [2.45, 2.75) is 31.5 Å². The van der Waals surface area contributed by atoms with E-state index in [-0.39, 0.29) is 11.1 Å². The van der Waals surface area contributed by atoms with Gasteiger partial charge in [-0.3, -0.25) is 9.82 Å². The van der Waals surface area contributed by atoms with Gasteiger partial charge in [0.15, 0.2) is 5.03 Å². The first-order chi connectivity index (χ1) is 9.90. The number of anilines is 1. The Morgan fingerprint density at radius 1 is 1.33 bits per heavy atom. The van der Waals surface area contributed by atoms with Crippen molar-refractivity contribution in [2.75, 3.05) is 4.72 Å². The van der Waals surface area contributed by atoms with E-state index in [0.29, 0.717) is 22.3 Å². The minimum atomic E-state index is -3.71. The molecule has 2 aromatic rings. The maximum Gasteiger partial charge on any atom is 0.279 e. The lowest BCUT2D eigenvalue weighted by molar-refractivity contribution is 0.574. The second-order valence-corrected chi connectivity index (χ2v) is 7.32. The highest BCUT2D eigenvalue weighted by atomic mass is 79.9. The van der Waals surface area contributed by atoms with E-state index in [1.807, 2.05) is 19.9 Å². The highest BCUT2D eigenvalue weighted by molar-refractivity contribution is 9.10. The standard InChI is InChI=1S/C13H17BrN4O2S/c1-9(2)15-7-10-8-16-17-13(10)21(19,20)18-12-6-4-3-5-11(12)14/h3-6,8-9,15,18H,7H2,1-2H3,(H,16,17). The Balaban J connectivity index is 2.24. The molecule has 21 heavy (non-hydrogen) atoms. The van der Waals surface area contributed by atoms with E-state index in [9.17, 15) is 8.42 Å². The van der Waals surface area contributed by atoms with Crippen molar-refractivity contribution in [2.24, 2.45) is 0 Å². The molecule has 0 aliphatic heterocycles. The lowest BCUT2D eigenvalue weighted by Crippen LogP contribution is -2.23. The van der Waals surface area contributed by atoms with Crippen molar-refractivity contribution in [1.29, 1.82) is 0 Å². The van der Waals surface area contributed by atoms with Gasteiger partial charge in [-0.05, 0) is 28.1 Å². The molecule has 3 N–H and O–H groups in total. The number of nitrogens with one attached hydrogen (secondary N) is 3. The maximum absolute atomic E-state index is 12.4. The molecule has 1 aromatic carbocycles. The van der Waals surface area contributed by atoms with Gasteiger partial charge in [-0.1, -0.05) is 26.0 Å². The molecule has 8 heteroatoms. The van der Waals surface area contributed by atoms with E-state index in [2.05, 4.69) is 36.2 Å². The predicted octanol–water partition coefficient (Wildman–Crippen LogP) is 2.47. The summed E-state index contributed by atoms with van der Waals surface area (Å²) in [5, 5.41) is 9.64. The summed E-state index contributed by atoms with van der Waals surface area (Å²) >= 11 is 3.32. The number of para-hydroxylation sites is 1. The van der Waals surface area contributed by atoms with Gasteiger partial charge in [-0.2, -0.15) is 13.5 Å². The van der Waals surface area contributed by atoms with Crippen LogP contribution in [0.25, 0.3) is 0 Å². The van der Waals surface area contributed by atoms with Crippen molar-refractivity contribution in [3.63, 3.8) is 0 Å². The molecule has 0 fully saturated rings. The quantitative estimate of drug-likeness (QED) is 0.726. The molecular formula is C13H17BrN4O2S. The van der Waals surface area contributed by atoms with E-state index in [1.165, 1.54) is 6.20 Å². The second kappa shape index (κ2) is 6.59. The van der Waals surface area contributed by atoms with Crippen molar-refractivity contribution >= 4 is 31.6 Å². The predicted molar refractivity (Wildman–Crippen MR) is 85.5 cm³/mol. The molecule has 0 bridgehead atoms. The van der Waals surface area contributed by atoms with Gasteiger partial charge in [0.25, 0.3) is 10.0 Å². The summed E-state index contributed by atoms with van der Waals surface area (Å²) in [6.07, 6.45) is 1.52. The van der Waals surface area contributed by atoms with Crippen molar-refractivity contribution < 1.29 is 8.42 Å². The molecule has 2 rings (SSSR count). The largest absolute Gasteiger partial charge is 0.310 e. The number of hydrogen-bond donors (Lipinski definition) is 3. The number of nitrogens with zero attached hydrogens (tertiary/aromatic N) is 1. The Hall–Kier alpha value is -1.38. The summed E-state index contributed by atoms with van der Waals surface area (Å²) in [5.74, 6) is 0. The molecule has 0 saturated carbocycles. The number of rotatable bonds is 6. The summed E-state index contributed by atoms with van der Waals surface area (Å²) < 4.78 is 28.1. The third-order valence-electron chi connectivity index (χ3n) is 2.77. The molecule has 0 radical (unpaired) electrons. The zero-order chi connectivity index (χ0) is 15.5. The van der Waals surface area contributed by atoms with Gasteiger partial charge in [0, 0.05) is 22.6 Å². The van der Waals surface area contributed by atoms with E-state index < -0.39 is 10.0 Å². The molecule has 0 spiro atoms. The van der Waals surface area contributed by atoms with Gasteiger partial charge < -0.3 is 5.32 Å². The summed E-state index contributed by atoms with van der Waals surface area (Å²) in [6.45, 7) is 4.42. The van der Waals surface area contributed by atoms with Crippen LogP contribution in [0, 0.1) is 0 Å². The fourth-order valence-corrected chi connectivity index (χ4v) is 3.44. The number of benzene rings is 1. The first kappa shape index (κ1) is 16.0. The van der Waals surface area contributed by atoms with Gasteiger partial charge in [0.1, 0.15) is 0 Å². The van der Waals surface area contributed by atoms with E-state index in [1.54, 1.807) is 18.2 Å². The zero-order valence-corrected chi connectivity index (χ0v) is 14.1. The maximum atomic E-state index is 12.4. The van der Waals surface area contributed by atoms with Crippen LogP contribution in [-0.2, 0) is 16.6 Å². The lowest BCUT2D eigenvalue weighted by Gasteiger charge is -2.11. The number of H-pyrrole nitrogens is 1. The summed E-state index contributed by atoms with van der Waals surface area (Å²) in [5.41, 5.74) is 1.08. The van der Waals surface area contributed by atoms with Crippen molar-refractivity contribution in [1.82, 2.24) is 15.5 Å². The van der Waals surface area contributed by atoms with Crippen LogP contribution in [0.1, 0.15) is 19.4 Å². The Kier molecular flexibility index (Phi) is 5.02. The lowest BCUT2D eigenvalue weighted by atomic mass is 10.3. The molecular weight excluding hydrogens is 356 g/mol. The highest BCUT2D eigenvalue weighted by Gasteiger charge is 2.21. The molecule has 0 aliphatic rings. The molecule has 0 saturated heterocycles. The number of sulfonamides is 1. The first-order valence-corrected chi connectivity index (χ1v) is 8.71. The van der Waals surface area contributed by atoms with Gasteiger partial charge in [0.05, 0.1) is 11.9 Å². The van der Waals surface area contributed by atoms with E-state index in [4.69, 9.17) is 0 Å². The number of aromatic amines is 1. The van der Waals surface area contributed by atoms with E-state index in [0.717, 1.165) is 0 Å². The fourth-order valence-electron chi connectivity index (χ4n) is 1.71.